The van der Waals surface area contributed by atoms with Gasteiger partial charge in [-0.1, -0.05) is 6.07 Å². The number of furan rings is 1. The lowest BCUT2D eigenvalue weighted by Crippen LogP contribution is -2.44. The number of methoxy groups -OCH3 is 1. The SMILES string of the molecule is COCCNC(=O)[C@H](c1ccc(C)o1)N(C(=O)c1snc(C(N)=O)c1N)c1cc(C)cc(C)c1. The fourth-order valence-electron chi connectivity index (χ4n) is 3.56. The lowest BCUT2D eigenvalue weighted by molar-refractivity contribution is -0.123. The second-order valence-corrected chi connectivity index (χ2v) is 8.57. The van der Waals surface area contributed by atoms with Gasteiger partial charge in [0.1, 0.15) is 16.4 Å². The van der Waals surface area contributed by atoms with E-state index in [1.807, 2.05) is 19.9 Å². The predicted molar refractivity (Wildman–Crippen MR) is 129 cm³/mol. The number of nitrogens with zero attached hydrogens (tertiary/aromatic N) is 2. The first-order valence-electron chi connectivity index (χ1n) is 10.4. The van der Waals surface area contributed by atoms with Crippen molar-refractivity contribution in [3.63, 3.8) is 0 Å². The summed E-state index contributed by atoms with van der Waals surface area (Å²) in [6.07, 6.45) is 0. The molecule has 10 nitrogen and oxygen atoms in total. The van der Waals surface area contributed by atoms with Gasteiger partial charge in [-0.05, 0) is 67.7 Å². The molecule has 0 unspecified atom stereocenters. The summed E-state index contributed by atoms with van der Waals surface area (Å²) < 4.78 is 14.8. The Morgan fingerprint density at radius 2 is 1.85 bits per heavy atom. The van der Waals surface area contributed by atoms with Gasteiger partial charge in [-0.2, -0.15) is 4.37 Å². The zero-order chi connectivity index (χ0) is 25.0. The van der Waals surface area contributed by atoms with E-state index >= 15 is 0 Å². The fourth-order valence-corrected chi connectivity index (χ4v) is 4.30. The first-order valence-corrected chi connectivity index (χ1v) is 11.2. The fraction of sp³-hybridized carbons (Fsp3) is 0.304. The van der Waals surface area contributed by atoms with Crippen LogP contribution in [0.15, 0.2) is 34.7 Å². The Balaban J connectivity index is 2.19. The van der Waals surface area contributed by atoms with Gasteiger partial charge in [-0.3, -0.25) is 19.3 Å². The minimum atomic E-state index is -1.17. The molecular formula is C23H27N5O5S. The quantitative estimate of drug-likeness (QED) is 0.393. The first kappa shape index (κ1) is 24.9. The number of hydrogen-bond acceptors (Lipinski definition) is 8. The summed E-state index contributed by atoms with van der Waals surface area (Å²) in [5.41, 5.74) is 13.3. The second-order valence-electron chi connectivity index (χ2n) is 7.79. The average Bonchev–Trinajstić information content (AvgIpc) is 3.36. The summed E-state index contributed by atoms with van der Waals surface area (Å²) in [5.74, 6) is -1.10. The monoisotopic (exact) mass is 485 g/mol. The molecule has 0 aliphatic carbocycles. The van der Waals surface area contributed by atoms with E-state index in [2.05, 4.69) is 9.69 Å². The Morgan fingerprint density at radius 1 is 1.18 bits per heavy atom. The molecular weight excluding hydrogens is 458 g/mol. The van der Waals surface area contributed by atoms with Crippen molar-refractivity contribution in [1.29, 1.82) is 0 Å². The number of hydrogen-bond donors (Lipinski definition) is 3. The second kappa shape index (κ2) is 10.5. The van der Waals surface area contributed by atoms with Crippen LogP contribution in [-0.4, -0.2) is 42.4 Å². The van der Waals surface area contributed by atoms with Gasteiger partial charge in [0.2, 0.25) is 0 Å². The van der Waals surface area contributed by atoms with Crippen LogP contribution < -0.4 is 21.7 Å². The van der Waals surface area contributed by atoms with Crippen LogP contribution in [0.3, 0.4) is 0 Å². The van der Waals surface area contributed by atoms with Crippen LogP contribution in [0.1, 0.15) is 48.8 Å². The molecule has 2 aromatic heterocycles. The van der Waals surface area contributed by atoms with Crippen molar-refractivity contribution < 1.29 is 23.5 Å². The highest BCUT2D eigenvalue weighted by molar-refractivity contribution is 7.09. The van der Waals surface area contributed by atoms with Gasteiger partial charge >= 0.3 is 0 Å². The van der Waals surface area contributed by atoms with Gasteiger partial charge < -0.3 is 25.9 Å². The van der Waals surface area contributed by atoms with Crippen LogP contribution in [-0.2, 0) is 9.53 Å². The number of nitrogen functional groups attached to an aromatic ring is 1. The highest BCUT2D eigenvalue weighted by atomic mass is 32.1. The lowest BCUT2D eigenvalue weighted by Gasteiger charge is -2.30. The number of aromatic nitrogens is 1. The molecule has 0 bridgehead atoms. The van der Waals surface area contributed by atoms with E-state index in [-0.39, 0.29) is 35.2 Å². The Labute approximate surface area is 201 Å². The summed E-state index contributed by atoms with van der Waals surface area (Å²) in [6.45, 7) is 6.03. The van der Waals surface area contributed by atoms with Crippen molar-refractivity contribution in [3.05, 3.63) is 63.6 Å². The number of nitrogens with two attached hydrogens (primary N) is 2. The third-order valence-corrected chi connectivity index (χ3v) is 5.85. The summed E-state index contributed by atoms with van der Waals surface area (Å²) in [5, 5.41) is 2.78. The topological polar surface area (TPSA) is 154 Å². The Hall–Kier alpha value is -3.70. The number of benzene rings is 1. The number of primary amides is 1. The molecule has 0 spiro atoms. The maximum absolute atomic E-state index is 13.9. The number of rotatable bonds is 9. The highest BCUT2D eigenvalue weighted by Crippen LogP contribution is 2.34. The lowest BCUT2D eigenvalue weighted by atomic mass is 10.1. The van der Waals surface area contributed by atoms with Crippen molar-refractivity contribution in [2.75, 3.05) is 30.9 Å². The zero-order valence-electron chi connectivity index (χ0n) is 19.4. The van der Waals surface area contributed by atoms with E-state index in [1.54, 1.807) is 31.2 Å². The number of carbonyl (C=O) groups excluding carboxylic acids is 3. The van der Waals surface area contributed by atoms with E-state index in [9.17, 15) is 14.4 Å². The molecule has 2 heterocycles. The molecule has 3 aromatic rings. The standard InChI is InChI=1S/C23H27N5O5S/c1-12-9-13(2)11-15(10-12)28(23(31)20-17(24)18(21(25)29)27-34-20)19(16-6-5-14(3)33-16)22(30)26-7-8-32-4/h5-6,9-11,19H,7-8,24H2,1-4H3,(H2,25,29)(H,26,30)/t19-/m0/s1. The van der Waals surface area contributed by atoms with Crippen LogP contribution in [0.25, 0.3) is 0 Å². The number of carbonyl (C=O) groups is 3. The van der Waals surface area contributed by atoms with Gasteiger partial charge in [-0.25, -0.2) is 0 Å². The van der Waals surface area contributed by atoms with Gasteiger partial charge in [0.25, 0.3) is 17.7 Å². The van der Waals surface area contributed by atoms with Gasteiger partial charge in [0, 0.05) is 19.3 Å². The van der Waals surface area contributed by atoms with E-state index in [1.165, 1.54) is 12.0 Å². The summed E-state index contributed by atoms with van der Waals surface area (Å²) in [6, 6.07) is 7.69. The van der Waals surface area contributed by atoms with E-state index in [0.29, 0.717) is 11.4 Å². The number of ether oxygens (including phenoxy) is 1. The number of amides is 3. The molecule has 0 saturated carbocycles. The van der Waals surface area contributed by atoms with Gasteiger partial charge in [0.05, 0.1) is 12.3 Å². The molecule has 3 amide bonds. The largest absolute Gasteiger partial charge is 0.464 e. The van der Waals surface area contributed by atoms with Crippen LogP contribution in [0.2, 0.25) is 0 Å². The van der Waals surface area contributed by atoms with Gasteiger partial charge in [-0.15, -0.1) is 0 Å². The third kappa shape index (κ3) is 5.26. The van der Waals surface area contributed by atoms with Crippen LogP contribution in [0.4, 0.5) is 11.4 Å². The van der Waals surface area contributed by atoms with Crippen LogP contribution >= 0.6 is 11.5 Å². The van der Waals surface area contributed by atoms with Crippen molar-refractivity contribution in [3.8, 4) is 0 Å². The van der Waals surface area contributed by atoms with Crippen LogP contribution in [0, 0.1) is 20.8 Å². The molecule has 0 aliphatic rings. The summed E-state index contributed by atoms with van der Waals surface area (Å²) in [4.78, 5) is 40.3. The molecule has 5 N–H and O–H groups in total. The zero-order valence-corrected chi connectivity index (χ0v) is 20.2. The number of nitrogens with one attached hydrogen (secondary N) is 1. The van der Waals surface area contributed by atoms with Crippen molar-refractivity contribution >= 4 is 40.6 Å². The average molecular weight is 486 g/mol. The molecule has 0 aliphatic heterocycles. The Kier molecular flexibility index (Phi) is 7.69. The van der Waals surface area contributed by atoms with E-state index < -0.39 is 23.8 Å². The highest BCUT2D eigenvalue weighted by Gasteiger charge is 2.37. The maximum atomic E-state index is 13.9. The van der Waals surface area contributed by atoms with Gasteiger partial charge in [0.15, 0.2) is 11.7 Å². The van der Waals surface area contributed by atoms with Crippen molar-refractivity contribution in [2.45, 2.75) is 26.8 Å². The summed E-state index contributed by atoms with van der Waals surface area (Å²) >= 11 is 0.746. The maximum Gasteiger partial charge on any atom is 0.273 e. The molecule has 0 radical (unpaired) electrons. The molecule has 0 saturated heterocycles. The Morgan fingerprint density at radius 3 is 2.38 bits per heavy atom. The van der Waals surface area contributed by atoms with Crippen LogP contribution in [0.5, 0.6) is 0 Å². The Bertz CT molecular complexity index is 1200. The third-order valence-electron chi connectivity index (χ3n) is 5.00. The molecule has 180 valence electrons. The minimum Gasteiger partial charge on any atom is -0.464 e. The normalized spacial score (nSPS) is 11.8. The molecule has 1 aromatic carbocycles. The minimum absolute atomic E-state index is 0.00840. The van der Waals surface area contributed by atoms with Crippen molar-refractivity contribution in [2.24, 2.45) is 5.73 Å². The van der Waals surface area contributed by atoms with E-state index in [0.717, 1.165) is 22.7 Å². The summed E-state index contributed by atoms with van der Waals surface area (Å²) in [7, 11) is 1.52. The molecule has 3 rings (SSSR count). The molecule has 0 fully saturated rings. The number of anilines is 2. The predicted octanol–water partition coefficient (Wildman–Crippen LogP) is 2.49. The number of aryl methyl sites for hydroxylation is 3. The van der Waals surface area contributed by atoms with Crippen molar-refractivity contribution in [1.82, 2.24) is 9.69 Å². The smallest absolute Gasteiger partial charge is 0.273 e. The molecule has 34 heavy (non-hydrogen) atoms. The molecule has 11 heteroatoms. The van der Waals surface area contributed by atoms with E-state index in [4.69, 9.17) is 20.6 Å². The first-order chi connectivity index (χ1) is 16.1. The molecule has 1 atom stereocenters.